The normalized spacial score (nSPS) is 32.2. The monoisotopic (exact) mass is 757 g/mol. The molecule has 4 aliphatic rings. The Bertz CT molecular complexity index is 1320. The summed E-state index contributed by atoms with van der Waals surface area (Å²) in [6.07, 6.45) is 25.9. The molecule has 8 heteroatoms. The topological polar surface area (TPSA) is 130 Å². The Kier molecular flexibility index (Phi) is 16.5. The van der Waals surface area contributed by atoms with Gasteiger partial charge in [-0.2, -0.15) is 0 Å². The maximum absolute atomic E-state index is 13.7. The summed E-state index contributed by atoms with van der Waals surface area (Å²) in [5.41, 5.74) is -4.72. The summed E-state index contributed by atoms with van der Waals surface area (Å²) in [7, 11) is 0. The van der Waals surface area contributed by atoms with Gasteiger partial charge in [0.05, 0.1) is 12.2 Å². The van der Waals surface area contributed by atoms with Crippen LogP contribution in [0.4, 0.5) is 0 Å². The number of aliphatic hydroxyl groups excluding tert-OH is 1. The Labute approximate surface area is 327 Å². The van der Waals surface area contributed by atoms with Crippen LogP contribution in [0.2, 0.25) is 0 Å². The second kappa shape index (κ2) is 19.9. The van der Waals surface area contributed by atoms with E-state index in [4.69, 9.17) is 9.47 Å². The molecule has 0 aromatic carbocycles. The van der Waals surface area contributed by atoms with Crippen molar-refractivity contribution in [1.82, 2.24) is 0 Å². The number of Topliss-reactive ketones (excluding diaryl/α,β-unsaturated/α-hetero) is 1. The van der Waals surface area contributed by atoms with Gasteiger partial charge in [-0.25, -0.2) is 0 Å². The minimum Gasteiger partial charge on any atom is -0.458 e. The Morgan fingerprint density at radius 1 is 0.741 bits per heavy atom. The van der Waals surface area contributed by atoms with E-state index in [9.17, 15) is 29.7 Å². The van der Waals surface area contributed by atoms with E-state index in [2.05, 4.69) is 13.8 Å². The van der Waals surface area contributed by atoms with Crippen LogP contribution in [0.25, 0.3) is 0 Å². The van der Waals surface area contributed by atoms with Crippen molar-refractivity contribution in [2.45, 2.75) is 212 Å². The highest BCUT2D eigenvalue weighted by atomic mass is 16.6. The maximum Gasteiger partial charge on any atom is 0.306 e. The van der Waals surface area contributed by atoms with Crippen LogP contribution in [-0.4, -0.2) is 62.6 Å². The van der Waals surface area contributed by atoms with Crippen molar-refractivity contribution in [2.75, 3.05) is 6.61 Å². The van der Waals surface area contributed by atoms with Gasteiger partial charge in [0.15, 0.2) is 11.4 Å². The molecule has 4 aliphatic carbocycles. The van der Waals surface area contributed by atoms with Crippen LogP contribution in [0.5, 0.6) is 0 Å². The van der Waals surface area contributed by atoms with Crippen LogP contribution in [-0.2, 0) is 23.9 Å². The minimum atomic E-state index is -1.94. The number of esters is 2. The zero-order valence-corrected chi connectivity index (χ0v) is 34.9. The van der Waals surface area contributed by atoms with Gasteiger partial charge in [-0.05, 0) is 30.9 Å². The lowest BCUT2D eigenvalue weighted by atomic mass is 9.59. The molecule has 308 valence electrons. The van der Waals surface area contributed by atoms with E-state index >= 15 is 0 Å². The minimum absolute atomic E-state index is 0.103. The molecule has 0 radical (unpaired) electrons. The van der Waals surface area contributed by atoms with Gasteiger partial charge < -0.3 is 24.8 Å². The predicted molar refractivity (Wildman–Crippen MR) is 213 cm³/mol. The first-order valence-corrected chi connectivity index (χ1v) is 22.2. The van der Waals surface area contributed by atoms with Gasteiger partial charge in [0.2, 0.25) is 0 Å². The average Bonchev–Trinajstić information content (AvgIpc) is 3.56. The van der Waals surface area contributed by atoms with Crippen LogP contribution < -0.4 is 0 Å². The fourth-order valence-corrected chi connectivity index (χ4v) is 10.8. The Balaban J connectivity index is 1.49. The van der Waals surface area contributed by atoms with Gasteiger partial charge >= 0.3 is 11.9 Å². The zero-order valence-electron chi connectivity index (χ0n) is 34.9. The molecule has 0 aliphatic heterocycles. The number of aliphatic hydroxyl groups is 3. The molecule has 8 nitrogen and oxygen atoms in total. The lowest BCUT2D eigenvalue weighted by molar-refractivity contribution is -0.229. The summed E-state index contributed by atoms with van der Waals surface area (Å²) >= 11 is 0. The molecule has 0 aromatic rings. The van der Waals surface area contributed by atoms with Crippen molar-refractivity contribution in [1.29, 1.82) is 0 Å². The van der Waals surface area contributed by atoms with Crippen LogP contribution in [0.3, 0.4) is 0 Å². The zero-order chi connectivity index (χ0) is 39.6. The first-order chi connectivity index (χ1) is 25.8. The van der Waals surface area contributed by atoms with Gasteiger partial charge in [0.25, 0.3) is 0 Å². The molecule has 0 saturated heterocycles. The van der Waals surface area contributed by atoms with E-state index in [0.29, 0.717) is 17.6 Å². The van der Waals surface area contributed by atoms with E-state index in [1.165, 1.54) is 83.5 Å². The predicted octanol–water partition coefficient (Wildman–Crippen LogP) is 9.65. The summed E-state index contributed by atoms with van der Waals surface area (Å²) in [5, 5.41) is 35.5. The fourth-order valence-electron chi connectivity index (χ4n) is 10.8. The SMILES string of the molecule is CCCCCCCCCCCCC(=O)O[C@@H]1[C@@H](C)[C@@]2(O)[C@@H](C=C(CO)C[C@]3(O)C(=O)C(C)=C[C@@H]23)[C@@H]2C(C)(C)[C@]12OC(=O)CCCCCCCCCCCC. The second-order valence-corrected chi connectivity index (χ2v) is 18.2. The average molecular weight is 757 g/mol. The first kappa shape index (κ1) is 44.7. The Morgan fingerprint density at radius 2 is 1.20 bits per heavy atom. The van der Waals surface area contributed by atoms with Crippen molar-refractivity contribution in [3.63, 3.8) is 0 Å². The molecule has 0 heterocycles. The third kappa shape index (κ3) is 9.39. The number of unbranched alkanes of at least 4 members (excludes halogenated alkanes) is 18. The lowest BCUT2D eigenvalue weighted by Crippen LogP contribution is -2.66. The molecule has 2 fully saturated rings. The maximum atomic E-state index is 13.7. The fraction of sp³-hybridized carbons (Fsp3) is 0.848. The number of hydrogen-bond donors (Lipinski definition) is 3. The molecule has 0 unspecified atom stereocenters. The molecule has 3 N–H and O–H groups in total. The van der Waals surface area contributed by atoms with Crippen LogP contribution in [0.1, 0.15) is 189 Å². The van der Waals surface area contributed by atoms with Crippen molar-refractivity contribution in [3.8, 4) is 0 Å². The molecular weight excluding hydrogens is 680 g/mol. The van der Waals surface area contributed by atoms with Crippen molar-refractivity contribution in [3.05, 3.63) is 23.3 Å². The number of ether oxygens (including phenoxy) is 2. The summed E-state index contributed by atoms with van der Waals surface area (Å²) in [6.45, 7) is 11.5. The molecule has 0 amide bonds. The van der Waals surface area contributed by atoms with Crippen molar-refractivity contribution < 1.29 is 39.2 Å². The van der Waals surface area contributed by atoms with Gasteiger partial charge in [-0.1, -0.05) is 162 Å². The molecule has 0 bridgehead atoms. The van der Waals surface area contributed by atoms with Gasteiger partial charge in [0.1, 0.15) is 11.7 Å². The lowest BCUT2D eigenvalue weighted by Gasteiger charge is -2.53. The van der Waals surface area contributed by atoms with Gasteiger partial charge in [-0.15, -0.1) is 0 Å². The highest BCUT2D eigenvalue weighted by Gasteiger charge is 2.87. The van der Waals surface area contributed by atoms with E-state index in [1.54, 1.807) is 19.9 Å². The molecule has 8 atom stereocenters. The third-order valence-electron chi connectivity index (χ3n) is 14.0. The molecular formula is C46H76O8. The summed E-state index contributed by atoms with van der Waals surface area (Å²) in [4.78, 5) is 40.9. The van der Waals surface area contributed by atoms with Gasteiger partial charge in [0, 0.05) is 48.3 Å². The standard InChI is InChI=1S/C46H76O8/c1-7-9-11-13-15-17-19-21-23-25-27-38(48)53-42-34(4)45(52)36(30-35(32-47)31-44(51)37(45)29-33(3)41(44)50)40-43(5,6)46(40,42)54-39(49)28-26-24-22-20-18-16-14-12-10-8-2/h29-30,34,36-37,40,42,47,51-52H,7-28,31-32H2,1-6H3/t34-,36+,37-,40-,42-,44-,45-,46-/m1/s1. The number of hydrogen-bond acceptors (Lipinski definition) is 8. The van der Waals surface area contributed by atoms with E-state index < -0.39 is 57.8 Å². The molecule has 54 heavy (non-hydrogen) atoms. The Hall–Kier alpha value is -2.03. The molecule has 4 rings (SSSR count). The first-order valence-electron chi connectivity index (χ1n) is 22.2. The van der Waals surface area contributed by atoms with E-state index in [0.717, 1.165) is 38.5 Å². The highest BCUT2D eigenvalue weighted by Crippen LogP contribution is 2.77. The van der Waals surface area contributed by atoms with E-state index in [-0.39, 0.29) is 37.8 Å². The quantitative estimate of drug-likeness (QED) is 0.0477. The molecule has 0 spiro atoms. The number of carbonyl (C=O) groups is 3. The van der Waals surface area contributed by atoms with E-state index in [1.807, 2.05) is 19.9 Å². The van der Waals surface area contributed by atoms with Crippen molar-refractivity contribution >= 4 is 17.7 Å². The smallest absolute Gasteiger partial charge is 0.306 e. The Morgan fingerprint density at radius 3 is 1.69 bits per heavy atom. The van der Waals surface area contributed by atoms with Crippen LogP contribution >= 0.6 is 0 Å². The number of rotatable bonds is 25. The number of ketones is 1. The second-order valence-electron chi connectivity index (χ2n) is 18.2. The summed E-state index contributed by atoms with van der Waals surface area (Å²) < 4.78 is 13.0. The van der Waals surface area contributed by atoms with Crippen molar-refractivity contribution in [2.24, 2.45) is 29.1 Å². The third-order valence-corrected chi connectivity index (χ3v) is 14.0. The molecule has 0 aromatic heterocycles. The molecule has 2 saturated carbocycles. The largest absolute Gasteiger partial charge is 0.458 e. The summed E-state index contributed by atoms with van der Waals surface area (Å²) in [5.74, 6) is -4.10. The number of carbonyl (C=O) groups excluding carboxylic acids is 3. The number of fused-ring (bicyclic) bond motifs is 5. The van der Waals surface area contributed by atoms with Gasteiger partial charge in [-0.3, -0.25) is 14.4 Å². The van der Waals surface area contributed by atoms with Crippen LogP contribution in [0, 0.1) is 29.1 Å². The highest BCUT2D eigenvalue weighted by molar-refractivity contribution is 6.04. The summed E-state index contributed by atoms with van der Waals surface area (Å²) in [6, 6.07) is 0. The van der Waals surface area contributed by atoms with Crippen LogP contribution in [0.15, 0.2) is 23.3 Å².